The molecule has 0 saturated heterocycles. The van der Waals surface area contributed by atoms with Crippen molar-refractivity contribution in [2.24, 2.45) is 11.8 Å². The third-order valence-electron chi connectivity index (χ3n) is 3.73. The van der Waals surface area contributed by atoms with Crippen LogP contribution < -0.4 is 5.32 Å². The van der Waals surface area contributed by atoms with Gasteiger partial charge >= 0.3 is 0 Å². The Kier molecular flexibility index (Phi) is 12.5. The van der Waals surface area contributed by atoms with E-state index < -0.39 is 6.10 Å². The van der Waals surface area contributed by atoms with Crippen LogP contribution >= 0.6 is 0 Å². The van der Waals surface area contributed by atoms with Gasteiger partial charge in [-0.05, 0) is 38.1 Å². The first-order chi connectivity index (χ1) is 9.49. The second-order valence-electron chi connectivity index (χ2n) is 6.50. The first kappa shape index (κ1) is 19.9. The normalized spacial score (nSPS) is 16.4. The lowest BCUT2D eigenvalue weighted by molar-refractivity contribution is -0.00871. The van der Waals surface area contributed by atoms with E-state index in [-0.39, 0.29) is 6.10 Å². The summed E-state index contributed by atoms with van der Waals surface area (Å²) in [5.41, 5.74) is 0. The molecule has 2 N–H and O–H groups in total. The van der Waals surface area contributed by atoms with Gasteiger partial charge in [-0.2, -0.15) is 0 Å². The molecule has 3 atom stereocenters. The van der Waals surface area contributed by atoms with E-state index in [0.29, 0.717) is 19.1 Å². The Morgan fingerprint density at radius 1 is 1.10 bits per heavy atom. The fraction of sp³-hybridized carbons (Fsp3) is 1.00. The quantitative estimate of drug-likeness (QED) is 0.544. The van der Waals surface area contributed by atoms with E-state index in [9.17, 15) is 5.11 Å². The highest BCUT2D eigenvalue weighted by molar-refractivity contribution is 4.65. The number of ether oxygens (including phenoxy) is 1. The minimum Gasteiger partial charge on any atom is -0.389 e. The maximum absolute atomic E-state index is 9.91. The lowest BCUT2D eigenvalue weighted by Crippen LogP contribution is -2.34. The summed E-state index contributed by atoms with van der Waals surface area (Å²) in [4.78, 5) is 0. The second kappa shape index (κ2) is 12.6. The van der Waals surface area contributed by atoms with Gasteiger partial charge in [0, 0.05) is 6.54 Å². The molecule has 0 aliphatic carbocycles. The largest absolute Gasteiger partial charge is 0.389 e. The van der Waals surface area contributed by atoms with E-state index in [1.54, 1.807) is 0 Å². The van der Waals surface area contributed by atoms with Gasteiger partial charge in [-0.3, -0.25) is 0 Å². The van der Waals surface area contributed by atoms with Crippen molar-refractivity contribution in [2.75, 3.05) is 19.7 Å². The summed E-state index contributed by atoms with van der Waals surface area (Å²) >= 11 is 0. The molecule has 0 aromatic carbocycles. The molecule has 0 aromatic heterocycles. The lowest BCUT2D eigenvalue weighted by Gasteiger charge is -2.20. The Bertz CT molecular complexity index is 209. The molecular formula is C17H37NO2. The molecule has 0 rings (SSSR count). The summed E-state index contributed by atoms with van der Waals surface area (Å²) in [6.45, 7) is 13.0. The van der Waals surface area contributed by atoms with Crippen LogP contribution in [0.25, 0.3) is 0 Å². The number of aliphatic hydroxyl groups is 1. The highest BCUT2D eigenvalue weighted by Gasteiger charge is 2.11. The van der Waals surface area contributed by atoms with E-state index in [2.05, 4.69) is 39.9 Å². The average Bonchev–Trinajstić information content (AvgIpc) is 2.39. The summed E-state index contributed by atoms with van der Waals surface area (Å²) in [7, 11) is 0. The van der Waals surface area contributed by atoms with Crippen molar-refractivity contribution in [1.29, 1.82) is 0 Å². The number of nitrogens with one attached hydrogen (secondary N) is 1. The molecule has 0 bridgehead atoms. The van der Waals surface area contributed by atoms with E-state index in [1.165, 1.54) is 25.7 Å². The monoisotopic (exact) mass is 287 g/mol. The van der Waals surface area contributed by atoms with Gasteiger partial charge in [0.15, 0.2) is 0 Å². The van der Waals surface area contributed by atoms with Crippen molar-refractivity contribution in [3.8, 4) is 0 Å². The second-order valence-corrected chi connectivity index (χ2v) is 6.50. The predicted octanol–water partition coefficient (Wildman–Crippen LogP) is 3.60. The van der Waals surface area contributed by atoms with E-state index >= 15 is 0 Å². The molecule has 0 aromatic rings. The molecule has 0 fully saturated rings. The van der Waals surface area contributed by atoms with Gasteiger partial charge < -0.3 is 15.2 Å². The Morgan fingerprint density at radius 3 is 2.35 bits per heavy atom. The Morgan fingerprint density at radius 2 is 1.80 bits per heavy atom. The van der Waals surface area contributed by atoms with E-state index in [4.69, 9.17) is 4.74 Å². The molecule has 0 aliphatic heterocycles. The predicted molar refractivity (Wildman–Crippen MR) is 87.1 cm³/mol. The summed E-state index contributed by atoms with van der Waals surface area (Å²) in [6.07, 6.45) is 5.96. The van der Waals surface area contributed by atoms with E-state index in [1.807, 2.05) is 0 Å². The van der Waals surface area contributed by atoms with Crippen molar-refractivity contribution in [1.82, 2.24) is 5.32 Å². The first-order valence-corrected chi connectivity index (χ1v) is 8.49. The maximum atomic E-state index is 9.91. The van der Waals surface area contributed by atoms with Crippen LogP contribution in [-0.2, 0) is 4.74 Å². The molecule has 0 radical (unpaired) electrons. The smallest absolute Gasteiger partial charge is 0.0897 e. The van der Waals surface area contributed by atoms with Crippen LogP contribution in [0.2, 0.25) is 0 Å². The van der Waals surface area contributed by atoms with Crippen LogP contribution in [-0.4, -0.2) is 37.0 Å². The Balaban J connectivity index is 3.63. The van der Waals surface area contributed by atoms with Gasteiger partial charge in [-0.15, -0.1) is 0 Å². The SMILES string of the molecule is CCCCC(CC)CNCC(O)COC(C)CC(C)C. The minimum absolute atomic E-state index is 0.234. The average molecular weight is 287 g/mol. The van der Waals surface area contributed by atoms with Crippen molar-refractivity contribution in [2.45, 2.75) is 78.9 Å². The fourth-order valence-corrected chi connectivity index (χ4v) is 2.46. The summed E-state index contributed by atoms with van der Waals surface area (Å²) in [6, 6.07) is 0. The molecule has 3 heteroatoms. The van der Waals surface area contributed by atoms with Crippen LogP contribution in [0.1, 0.15) is 66.7 Å². The summed E-state index contributed by atoms with van der Waals surface area (Å²) in [5.74, 6) is 1.38. The van der Waals surface area contributed by atoms with Gasteiger partial charge in [0.1, 0.15) is 0 Å². The van der Waals surface area contributed by atoms with Gasteiger partial charge in [0.05, 0.1) is 18.8 Å². The van der Waals surface area contributed by atoms with Gasteiger partial charge in [-0.25, -0.2) is 0 Å². The van der Waals surface area contributed by atoms with Gasteiger partial charge in [-0.1, -0.05) is 47.0 Å². The Hall–Kier alpha value is -0.120. The molecule has 3 nitrogen and oxygen atoms in total. The standard InChI is InChI=1S/C17H37NO2/c1-6-8-9-16(7-2)11-18-12-17(19)13-20-15(5)10-14(3)4/h14-19H,6-13H2,1-5H3. The van der Waals surface area contributed by atoms with Crippen molar-refractivity contribution >= 4 is 0 Å². The lowest BCUT2D eigenvalue weighted by atomic mass is 9.99. The molecule has 20 heavy (non-hydrogen) atoms. The minimum atomic E-state index is -0.395. The zero-order chi connectivity index (χ0) is 15.4. The molecule has 3 unspecified atom stereocenters. The third-order valence-corrected chi connectivity index (χ3v) is 3.73. The number of unbranched alkanes of at least 4 members (excludes halogenated alkanes) is 1. The maximum Gasteiger partial charge on any atom is 0.0897 e. The van der Waals surface area contributed by atoms with E-state index in [0.717, 1.165) is 18.9 Å². The number of hydrogen-bond donors (Lipinski definition) is 2. The number of rotatable bonds is 13. The highest BCUT2D eigenvalue weighted by atomic mass is 16.5. The van der Waals surface area contributed by atoms with Crippen LogP contribution in [0, 0.1) is 11.8 Å². The third kappa shape index (κ3) is 11.7. The van der Waals surface area contributed by atoms with Crippen molar-refractivity contribution in [3.05, 3.63) is 0 Å². The molecule has 122 valence electrons. The van der Waals surface area contributed by atoms with Gasteiger partial charge in [0.2, 0.25) is 0 Å². The zero-order valence-corrected chi connectivity index (χ0v) is 14.3. The number of aliphatic hydroxyl groups excluding tert-OH is 1. The fourth-order valence-electron chi connectivity index (χ4n) is 2.46. The van der Waals surface area contributed by atoms with Crippen LogP contribution in [0.5, 0.6) is 0 Å². The molecule has 0 amide bonds. The van der Waals surface area contributed by atoms with Crippen LogP contribution in [0.3, 0.4) is 0 Å². The topological polar surface area (TPSA) is 41.5 Å². The van der Waals surface area contributed by atoms with Gasteiger partial charge in [0.25, 0.3) is 0 Å². The molecule has 0 aliphatic rings. The Labute approximate surface area is 126 Å². The van der Waals surface area contributed by atoms with Crippen molar-refractivity contribution in [3.63, 3.8) is 0 Å². The molecule has 0 saturated carbocycles. The highest BCUT2D eigenvalue weighted by Crippen LogP contribution is 2.11. The molecule has 0 heterocycles. The first-order valence-electron chi connectivity index (χ1n) is 8.49. The number of hydrogen-bond acceptors (Lipinski definition) is 3. The van der Waals surface area contributed by atoms with Crippen LogP contribution in [0.15, 0.2) is 0 Å². The van der Waals surface area contributed by atoms with Crippen LogP contribution in [0.4, 0.5) is 0 Å². The molecular weight excluding hydrogens is 250 g/mol. The zero-order valence-electron chi connectivity index (χ0n) is 14.3. The summed E-state index contributed by atoms with van der Waals surface area (Å²) in [5, 5.41) is 13.3. The van der Waals surface area contributed by atoms with Crippen molar-refractivity contribution < 1.29 is 9.84 Å². The molecule has 0 spiro atoms. The summed E-state index contributed by atoms with van der Waals surface area (Å²) < 4.78 is 5.67.